The van der Waals surface area contributed by atoms with Gasteiger partial charge in [-0.25, -0.2) is 0 Å². The van der Waals surface area contributed by atoms with Gasteiger partial charge in [0.05, 0.1) is 18.8 Å². The highest BCUT2D eigenvalue weighted by atomic mass is 16.5. The van der Waals surface area contributed by atoms with Crippen molar-refractivity contribution in [2.75, 3.05) is 13.2 Å². The number of unbranched alkanes of at least 4 members (excludes halogenated alkanes) is 1. The summed E-state index contributed by atoms with van der Waals surface area (Å²) >= 11 is 0. The maximum absolute atomic E-state index is 12.1. The summed E-state index contributed by atoms with van der Waals surface area (Å²) in [5.41, 5.74) is 1.21. The summed E-state index contributed by atoms with van der Waals surface area (Å²) in [6, 6.07) is 12.3. The van der Waals surface area contributed by atoms with E-state index in [4.69, 9.17) is 9.47 Å². The van der Waals surface area contributed by atoms with Crippen molar-refractivity contribution in [1.82, 2.24) is 20.6 Å². The van der Waals surface area contributed by atoms with Crippen molar-refractivity contribution in [1.29, 1.82) is 0 Å². The predicted octanol–water partition coefficient (Wildman–Crippen LogP) is 4.04. The molecule has 8 heteroatoms. The van der Waals surface area contributed by atoms with Crippen LogP contribution in [0.25, 0.3) is 11.4 Å². The second kappa shape index (κ2) is 10.4. The fourth-order valence-electron chi connectivity index (χ4n) is 2.89. The average Bonchev–Trinajstić information content (AvgIpc) is 3.25. The van der Waals surface area contributed by atoms with E-state index in [9.17, 15) is 9.90 Å². The number of phenols is 1. The number of aromatic hydroxyl groups is 1. The monoisotopic (exact) mass is 410 g/mol. The highest BCUT2D eigenvalue weighted by Gasteiger charge is 2.13. The largest absolute Gasteiger partial charge is 0.507 e. The summed E-state index contributed by atoms with van der Waals surface area (Å²) in [6.07, 6.45) is 2.03. The maximum atomic E-state index is 12.1. The number of ketones is 1. The van der Waals surface area contributed by atoms with E-state index in [1.807, 2.05) is 38.1 Å². The van der Waals surface area contributed by atoms with E-state index in [1.54, 1.807) is 12.1 Å². The van der Waals surface area contributed by atoms with Crippen molar-refractivity contribution in [3.8, 4) is 28.6 Å². The number of H-pyrrole nitrogens is 1. The Hall–Kier alpha value is -3.42. The second-order valence-electron chi connectivity index (χ2n) is 7.36. The van der Waals surface area contributed by atoms with Crippen LogP contribution in [0.15, 0.2) is 42.5 Å². The number of aromatic nitrogens is 4. The van der Waals surface area contributed by atoms with Crippen molar-refractivity contribution in [3.05, 3.63) is 48.0 Å². The topological polar surface area (TPSA) is 110 Å². The third-order valence-corrected chi connectivity index (χ3v) is 4.40. The summed E-state index contributed by atoms with van der Waals surface area (Å²) in [5.74, 6) is 2.02. The maximum Gasteiger partial charge on any atom is 0.204 e. The van der Waals surface area contributed by atoms with Gasteiger partial charge in [0.15, 0.2) is 5.78 Å². The molecule has 0 saturated heterocycles. The molecule has 30 heavy (non-hydrogen) atoms. The minimum Gasteiger partial charge on any atom is -0.507 e. The minimum atomic E-state index is -0.0588. The number of ether oxygens (including phenoxy) is 2. The first-order chi connectivity index (χ1) is 14.5. The molecule has 0 spiro atoms. The van der Waals surface area contributed by atoms with Gasteiger partial charge in [-0.15, -0.1) is 10.2 Å². The van der Waals surface area contributed by atoms with Crippen LogP contribution in [0, 0.1) is 5.92 Å². The number of Topliss-reactive ketones (excluding diaryl/α,β-unsaturated/α-hetero) is 1. The zero-order valence-electron chi connectivity index (χ0n) is 17.2. The smallest absolute Gasteiger partial charge is 0.204 e. The van der Waals surface area contributed by atoms with Gasteiger partial charge in [-0.05, 0) is 60.4 Å². The van der Waals surface area contributed by atoms with E-state index >= 15 is 0 Å². The van der Waals surface area contributed by atoms with Crippen molar-refractivity contribution in [2.24, 2.45) is 5.92 Å². The van der Waals surface area contributed by atoms with Crippen LogP contribution in [0.5, 0.6) is 17.2 Å². The number of tetrazole rings is 1. The third kappa shape index (κ3) is 6.04. The first-order valence-electron chi connectivity index (χ1n) is 9.98. The molecule has 8 nitrogen and oxygen atoms in total. The molecule has 1 heterocycles. The highest BCUT2D eigenvalue weighted by molar-refractivity contribution is 5.98. The molecule has 0 fully saturated rings. The molecule has 0 bridgehead atoms. The Morgan fingerprint density at radius 2 is 1.70 bits per heavy atom. The lowest BCUT2D eigenvalue weighted by Crippen LogP contribution is -2.05. The Morgan fingerprint density at radius 1 is 1.03 bits per heavy atom. The Bertz CT molecular complexity index is 940. The van der Waals surface area contributed by atoms with Crippen LogP contribution in [-0.2, 0) is 0 Å². The van der Waals surface area contributed by atoms with Gasteiger partial charge >= 0.3 is 0 Å². The fourth-order valence-corrected chi connectivity index (χ4v) is 2.89. The van der Waals surface area contributed by atoms with E-state index in [-0.39, 0.29) is 17.5 Å². The molecule has 0 saturated carbocycles. The van der Waals surface area contributed by atoms with E-state index in [0.29, 0.717) is 36.8 Å². The third-order valence-electron chi connectivity index (χ3n) is 4.40. The van der Waals surface area contributed by atoms with E-state index < -0.39 is 0 Å². The molecule has 3 rings (SSSR count). The Balaban J connectivity index is 1.36. The van der Waals surface area contributed by atoms with Crippen LogP contribution in [0.4, 0.5) is 0 Å². The standard InChI is InChI=1S/C22H26N4O4/c1-15(2)13-20(27)19-10-9-18(14-21(19)28)30-12-4-3-11-29-17-7-5-16(6-8-17)22-23-25-26-24-22/h5-10,14-15,28H,3-4,11-13H2,1-2H3,(H,23,24,25,26). The summed E-state index contributed by atoms with van der Waals surface area (Å²) in [5, 5.41) is 23.9. The molecule has 0 aliphatic carbocycles. The van der Waals surface area contributed by atoms with Crippen molar-refractivity contribution in [2.45, 2.75) is 33.1 Å². The second-order valence-corrected chi connectivity index (χ2v) is 7.36. The number of nitrogens with zero attached hydrogens (tertiary/aromatic N) is 3. The van der Waals surface area contributed by atoms with Crippen LogP contribution >= 0.6 is 0 Å². The molecule has 0 aliphatic rings. The molecular weight excluding hydrogens is 384 g/mol. The number of carbonyl (C=O) groups excluding carboxylic acids is 1. The number of carbonyl (C=O) groups is 1. The van der Waals surface area contributed by atoms with Gasteiger partial charge in [0.2, 0.25) is 5.82 Å². The van der Waals surface area contributed by atoms with E-state index in [1.165, 1.54) is 6.07 Å². The van der Waals surface area contributed by atoms with Gasteiger partial charge in [-0.3, -0.25) is 4.79 Å². The number of benzene rings is 2. The Labute approximate surface area is 175 Å². The molecule has 2 aromatic carbocycles. The van der Waals surface area contributed by atoms with Crippen molar-refractivity contribution >= 4 is 5.78 Å². The first kappa shape index (κ1) is 21.3. The molecular formula is C22H26N4O4. The molecule has 0 radical (unpaired) electrons. The molecule has 3 aromatic rings. The number of nitrogens with one attached hydrogen (secondary N) is 1. The minimum absolute atomic E-state index is 0.0363. The number of hydrogen-bond acceptors (Lipinski definition) is 7. The lowest BCUT2D eigenvalue weighted by atomic mass is 10.0. The van der Waals surface area contributed by atoms with Gasteiger partial charge in [0.25, 0.3) is 0 Å². The number of hydrogen-bond donors (Lipinski definition) is 2. The van der Waals surface area contributed by atoms with E-state index in [0.717, 1.165) is 24.2 Å². The SMILES string of the molecule is CC(C)CC(=O)c1ccc(OCCCCOc2ccc(-c3nn[nH]n3)cc2)cc1O. The normalized spacial score (nSPS) is 10.9. The van der Waals surface area contributed by atoms with Gasteiger partial charge in [0, 0.05) is 18.1 Å². The van der Waals surface area contributed by atoms with Crippen molar-refractivity contribution < 1.29 is 19.4 Å². The lowest BCUT2D eigenvalue weighted by molar-refractivity contribution is 0.0965. The molecule has 2 N–H and O–H groups in total. The van der Waals surface area contributed by atoms with Crippen LogP contribution < -0.4 is 9.47 Å². The Kier molecular flexibility index (Phi) is 7.37. The molecule has 0 amide bonds. The number of rotatable bonds is 11. The van der Waals surface area contributed by atoms with Crippen molar-refractivity contribution in [3.63, 3.8) is 0 Å². The predicted molar refractivity (Wildman–Crippen MR) is 112 cm³/mol. The van der Waals surface area contributed by atoms with Gasteiger partial charge in [0.1, 0.15) is 17.2 Å². The van der Waals surface area contributed by atoms with Gasteiger partial charge < -0.3 is 14.6 Å². The highest BCUT2D eigenvalue weighted by Crippen LogP contribution is 2.26. The molecule has 1 aromatic heterocycles. The number of aromatic amines is 1. The lowest BCUT2D eigenvalue weighted by Gasteiger charge is -2.10. The summed E-state index contributed by atoms with van der Waals surface area (Å²) < 4.78 is 11.4. The Morgan fingerprint density at radius 3 is 2.30 bits per heavy atom. The van der Waals surface area contributed by atoms with Crippen LogP contribution in [0.2, 0.25) is 0 Å². The molecule has 158 valence electrons. The van der Waals surface area contributed by atoms with Gasteiger partial charge in [-0.1, -0.05) is 13.8 Å². The fraction of sp³-hybridized carbons (Fsp3) is 0.364. The zero-order chi connectivity index (χ0) is 21.3. The zero-order valence-corrected chi connectivity index (χ0v) is 17.2. The molecule has 0 atom stereocenters. The van der Waals surface area contributed by atoms with Crippen LogP contribution in [-0.4, -0.2) is 44.7 Å². The van der Waals surface area contributed by atoms with Crippen LogP contribution in [0.1, 0.15) is 43.5 Å². The van der Waals surface area contributed by atoms with E-state index in [2.05, 4.69) is 20.6 Å². The quantitative estimate of drug-likeness (QED) is 0.362. The number of phenolic OH excluding ortho intramolecular Hbond substituents is 1. The summed E-state index contributed by atoms with van der Waals surface area (Å²) in [7, 11) is 0. The first-order valence-corrected chi connectivity index (χ1v) is 9.98. The molecule has 0 aliphatic heterocycles. The molecule has 0 unspecified atom stereocenters. The summed E-state index contributed by atoms with van der Waals surface area (Å²) in [6.45, 7) is 5.01. The summed E-state index contributed by atoms with van der Waals surface area (Å²) in [4.78, 5) is 12.1. The average molecular weight is 410 g/mol. The van der Waals surface area contributed by atoms with Gasteiger partial charge in [-0.2, -0.15) is 5.21 Å². The van der Waals surface area contributed by atoms with Crippen LogP contribution in [0.3, 0.4) is 0 Å².